The second kappa shape index (κ2) is 8.08. The van der Waals surface area contributed by atoms with Gasteiger partial charge >= 0.3 is 0 Å². The Hall–Kier alpha value is -4.13. The zero-order valence-electron chi connectivity index (χ0n) is 16.1. The molecule has 7 nitrogen and oxygen atoms in total. The summed E-state index contributed by atoms with van der Waals surface area (Å²) in [7, 11) is 0. The molecule has 1 aromatic heterocycles. The Balaban J connectivity index is 1.40. The number of pyridine rings is 1. The molecule has 30 heavy (non-hydrogen) atoms. The Labute approximate surface area is 171 Å². The Morgan fingerprint density at radius 2 is 1.57 bits per heavy atom. The number of hydrazine groups is 1. The van der Waals surface area contributed by atoms with E-state index in [1.807, 2.05) is 36.4 Å². The zero-order chi connectivity index (χ0) is 21.1. The first kappa shape index (κ1) is 19.2. The van der Waals surface area contributed by atoms with Crippen molar-refractivity contribution in [2.45, 2.75) is 13.0 Å². The van der Waals surface area contributed by atoms with Crippen LogP contribution in [0.4, 0.5) is 0 Å². The van der Waals surface area contributed by atoms with Crippen LogP contribution >= 0.6 is 0 Å². The van der Waals surface area contributed by atoms with Crippen molar-refractivity contribution in [1.29, 1.82) is 0 Å². The molecular weight excluding hydrogens is 382 g/mol. The summed E-state index contributed by atoms with van der Waals surface area (Å²) in [6.45, 7) is 1.57. The highest BCUT2D eigenvalue weighted by Gasteiger charge is 2.17. The number of aromatic nitrogens is 1. The van der Waals surface area contributed by atoms with Gasteiger partial charge in [-0.05, 0) is 47.3 Å². The van der Waals surface area contributed by atoms with Crippen molar-refractivity contribution in [3.05, 3.63) is 88.7 Å². The minimum Gasteiger partial charge on any atom is -0.481 e. The molecule has 3 N–H and O–H groups in total. The summed E-state index contributed by atoms with van der Waals surface area (Å²) < 4.78 is 5.67. The number of rotatable bonds is 4. The van der Waals surface area contributed by atoms with E-state index >= 15 is 0 Å². The van der Waals surface area contributed by atoms with Crippen LogP contribution in [-0.2, 0) is 4.79 Å². The lowest BCUT2D eigenvalue weighted by atomic mass is 10.1. The Morgan fingerprint density at radius 1 is 0.867 bits per heavy atom. The maximum absolute atomic E-state index is 12.4. The van der Waals surface area contributed by atoms with E-state index in [4.69, 9.17) is 4.74 Å². The quantitative estimate of drug-likeness (QED) is 0.458. The Morgan fingerprint density at radius 3 is 2.37 bits per heavy atom. The summed E-state index contributed by atoms with van der Waals surface area (Å²) in [5.41, 5.74) is 4.54. The van der Waals surface area contributed by atoms with Gasteiger partial charge in [0.2, 0.25) is 0 Å². The van der Waals surface area contributed by atoms with E-state index in [1.54, 1.807) is 37.3 Å². The molecule has 150 valence electrons. The van der Waals surface area contributed by atoms with Gasteiger partial charge in [-0.1, -0.05) is 48.5 Å². The van der Waals surface area contributed by atoms with E-state index in [9.17, 15) is 14.4 Å². The largest absolute Gasteiger partial charge is 0.481 e. The van der Waals surface area contributed by atoms with Gasteiger partial charge in [-0.15, -0.1) is 0 Å². The predicted octanol–water partition coefficient (Wildman–Crippen LogP) is 2.91. The fourth-order valence-corrected chi connectivity index (χ4v) is 3.10. The van der Waals surface area contributed by atoms with Crippen LogP contribution < -0.4 is 21.1 Å². The highest BCUT2D eigenvalue weighted by Crippen LogP contribution is 2.21. The van der Waals surface area contributed by atoms with Gasteiger partial charge in [-0.25, -0.2) is 0 Å². The molecule has 1 heterocycles. The van der Waals surface area contributed by atoms with E-state index < -0.39 is 23.5 Å². The molecule has 7 heteroatoms. The second-order valence-corrected chi connectivity index (χ2v) is 6.81. The number of carbonyl (C=O) groups excluding carboxylic acids is 2. The molecule has 0 bridgehead atoms. The lowest BCUT2D eigenvalue weighted by Gasteiger charge is -2.15. The smallest absolute Gasteiger partial charge is 0.279 e. The monoisotopic (exact) mass is 401 g/mol. The van der Waals surface area contributed by atoms with Gasteiger partial charge in [0, 0.05) is 5.52 Å². The van der Waals surface area contributed by atoms with Crippen molar-refractivity contribution in [2.24, 2.45) is 0 Å². The number of nitrogens with one attached hydrogen (secondary N) is 3. The second-order valence-electron chi connectivity index (χ2n) is 6.81. The summed E-state index contributed by atoms with van der Waals surface area (Å²) in [6, 6.07) is 21.9. The normalized spacial score (nSPS) is 11.8. The van der Waals surface area contributed by atoms with Gasteiger partial charge in [0.15, 0.2) is 6.10 Å². The lowest BCUT2D eigenvalue weighted by Crippen LogP contribution is -2.48. The molecule has 0 aliphatic rings. The van der Waals surface area contributed by atoms with E-state index in [1.165, 1.54) is 6.07 Å². The van der Waals surface area contributed by atoms with Crippen molar-refractivity contribution >= 4 is 33.5 Å². The molecular formula is C23H19N3O4. The lowest BCUT2D eigenvalue weighted by molar-refractivity contribution is -0.128. The predicted molar refractivity (Wildman–Crippen MR) is 114 cm³/mol. The van der Waals surface area contributed by atoms with Crippen molar-refractivity contribution < 1.29 is 14.3 Å². The van der Waals surface area contributed by atoms with Crippen LogP contribution in [0.2, 0.25) is 0 Å². The molecule has 0 fully saturated rings. The summed E-state index contributed by atoms with van der Waals surface area (Å²) in [5, 5.41) is 2.77. The fourth-order valence-electron chi connectivity index (χ4n) is 3.10. The van der Waals surface area contributed by atoms with Crippen molar-refractivity contribution in [2.75, 3.05) is 0 Å². The first-order valence-electron chi connectivity index (χ1n) is 9.39. The standard InChI is InChI=1S/C23H19N3O4/c1-14(30-18-11-10-15-6-2-3-7-16(15)12-18)21(27)25-26-23(29)19-13-17-8-4-5-9-20(17)24-22(19)28/h2-14H,1H3,(H,24,28)(H,25,27)(H,26,29). The number of H-pyrrole nitrogens is 1. The van der Waals surface area contributed by atoms with E-state index in [0.29, 0.717) is 16.7 Å². The number of hydrogen-bond donors (Lipinski definition) is 3. The number of benzene rings is 3. The average molecular weight is 401 g/mol. The Bertz CT molecular complexity index is 1310. The maximum atomic E-state index is 12.4. The van der Waals surface area contributed by atoms with Crippen LogP contribution in [0.25, 0.3) is 21.7 Å². The highest BCUT2D eigenvalue weighted by atomic mass is 16.5. The third-order valence-corrected chi connectivity index (χ3v) is 4.70. The van der Waals surface area contributed by atoms with Crippen LogP contribution in [0.15, 0.2) is 77.6 Å². The number of ether oxygens (including phenoxy) is 1. The molecule has 0 saturated heterocycles. The van der Waals surface area contributed by atoms with Gasteiger partial charge in [-0.2, -0.15) is 0 Å². The third-order valence-electron chi connectivity index (χ3n) is 4.70. The molecule has 0 radical (unpaired) electrons. The molecule has 1 unspecified atom stereocenters. The molecule has 1 atom stereocenters. The topological polar surface area (TPSA) is 100 Å². The molecule has 0 aliphatic carbocycles. The number of aromatic amines is 1. The van der Waals surface area contributed by atoms with Crippen LogP contribution in [0, 0.1) is 0 Å². The summed E-state index contributed by atoms with van der Waals surface area (Å²) in [6.07, 6.45) is -0.860. The van der Waals surface area contributed by atoms with Crippen molar-refractivity contribution in [3.63, 3.8) is 0 Å². The first-order valence-corrected chi connectivity index (χ1v) is 9.39. The molecule has 2 amide bonds. The van der Waals surface area contributed by atoms with Crippen LogP contribution in [0.5, 0.6) is 5.75 Å². The molecule has 0 saturated carbocycles. The van der Waals surface area contributed by atoms with E-state index in [-0.39, 0.29) is 5.56 Å². The number of amides is 2. The van der Waals surface area contributed by atoms with Gasteiger partial charge in [0.05, 0.1) is 0 Å². The molecule has 0 spiro atoms. The number of carbonyl (C=O) groups is 2. The average Bonchev–Trinajstić information content (AvgIpc) is 2.76. The number of para-hydroxylation sites is 1. The zero-order valence-corrected chi connectivity index (χ0v) is 16.1. The van der Waals surface area contributed by atoms with Crippen molar-refractivity contribution in [1.82, 2.24) is 15.8 Å². The van der Waals surface area contributed by atoms with Gasteiger partial charge in [-0.3, -0.25) is 25.2 Å². The molecule has 4 aromatic rings. The summed E-state index contributed by atoms with van der Waals surface area (Å²) >= 11 is 0. The summed E-state index contributed by atoms with van der Waals surface area (Å²) in [4.78, 5) is 39.5. The highest BCUT2D eigenvalue weighted by molar-refractivity contribution is 5.98. The van der Waals surface area contributed by atoms with E-state index in [0.717, 1.165) is 10.8 Å². The Kier molecular flexibility index (Phi) is 5.17. The fraction of sp³-hybridized carbons (Fsp3) is 0.0870. The SMILES string of the molecule is CC(Oc1ccc2ccccc2c1)C(=O)NNC(=O)c1cc2ccccc2[nH]c1=O. The van der Waals surface area contributed by atoms with Gasteiger partial charge < -0.3 is 9.72 Å². The third kappa shape index (κ3) is 4.00. The number of hydrogen-bond acceptors (Lipinski definition) is 4. The molecule has 0 aliphatic heterocycles. The maximum Gasteiger partial charge on any atom is 0.279 e. The first-order chi connectivity index (χ1) is 14.5. The summed E-state index contributed by atoms with van der Waals surface area (Å²) in [5.74, 6) is -0.726. The minimum atomic E-state index is -0.860. The minimum absolute atomic E-state index is 0.0999. The molecule has 4 rings (SSSR count). The van der Waals surface area contributed by atoms with Gasteiger partial charge in [0.1, 0.15) is 11.3 Å². The molecule has 3 aromatic carbocycles. The van der Waals surface area contributed by atoms with Crippen LogP contribution in [0.3, 0.4) is 0 Å². The van der Waals surface area contributed by atoms with Crippen LogP contribution in [0.1, 0.15) is 17.3 Å². The number of fused-ring (bicyclic) bond motifs is 2. The van der Waals surface area contributed by atoms with Gasteiger partial charge in [0.25, 0.3) is 17.4 Å². The van der Waals surface area contributed by atoms with Crippen molar-refractivity contribution in [3.8, 4) is 5.75 Å². The van der Waals surface area contributed by atoms with Crippen LogP contribution in [-0.4, -0.2) is 22.9 Å². The van der Waals surface area contributed by atoms with E-state index in [2.05, 4.69) is 15.8 Å².